The Labute approximate surface area is 174 Å². The van der Waals surface area contributed by atoms with Crippen LogP contribution in [0.25, 0.3) is 6.08 Å². The van der Waals surface area contributed by atoms with Crippen LogP contribution in [-0.2, 0) is 4.79 Å². The summed E-state index contributed by atoms with van der Waals surface area (Å²) in [5.74, 6) is 1.17. The van der Waals surface area contributed by atoms with E-state index in [0.29, 0.717) is 45.9 Å². The zero-order valence-electron chi connectivity index (χ0n) is 16.5. The Bertz CT molecular complexity index is 966. The quantitative estimate of drug-likeness (QED) is 0.509. The summed E-state index contributed by atoms with van der Waals surface area (Å²) in [5.41, 5.74) is 0.833. The van der Waals surface area contributed by atoms with Gasteiger partial charge in [-0.15, -0.1) is 0 Å². The summed E-state index contributed by atoms with van der Waals surface area (Å²) in [6.45, 7) is 2.30. The minimum atomic E-state index is -0.607. The van der Waals surface area contributed by atoms with E-state index >= 15 is 0 Å². The highest BCUT2D eigenvalue weighted by Gasteiger charge is 2.16. The highest BCUT2D eigenvalue weighted by Crippen LogP contribution is 2.36. The molecule has 0 radical (unpaired) electrons. The first kappa shape index (κ1) is 21.9. The Morgan fingerprint density at radius 1 is 1.07 bits per heavy atom. The summed E-state index contributed by atoms with van der Waals surface area (Å²) in [5, 5.41) is 12.4. The van der Waals surface area contributed by atoms with Crippen molar-refractivity contribution in [3.63, 3.8) is 0 Å². The number of methoxy groups -OCH3 is 3. The molecule has 1 N–H and O–H groups in total. The summed E-state index contributed by atoms with van der Waals surface area (Å²) in [7, 11) is 4.44. The SMILES string of the molecule is CCOc1cc(/C=C(\C#N)C(=O)Nc2cc(OC)c(Cl)cc2OC)ccc1OC. The first-order valence-electron chi connectivity index (χ1n) is 8.62. The smallest absolute Gasteiger partial charge is 0.266 e. The van der Waals surface area contributed by atoms with Crippen LogP contribution in [0.1, 0.15) is 12.5 Å². The highest BCUT2D eigenvalue weighted by molar-refractivity contribution is 6.32. The summed E-state index contributed by atoms with van der Waals surface area (Å²) in [4.78, 5) is 12.6. The second-order valence-electron chi connectivity index (χ2n) is 5.65. The summed E-state index contributed by atoms with van der Waals surface area (Å²) >= 11 is 6.08. The van der Waals surface area contributed by atoms with Crippen LogP contribution in [0.4, 0.5) is 5.69 Å². The van der Waals surface area contributed by atoms with Crippen molar-refractivity contribution in [3.8, 4) is 29.1 Å². The molecule has 1 amide bonds. The second-order valence-corrected chi connectivity index (χ2v) is 6.06. The summed E-state index contributed by atoms with van der Waals surface area (Å²) < 4.78 is 21.2. The average Bonchev–Trinajstić information content (AvgIpc) is 2.73. The van der Waals surface area contributed by atoms with Crippen molar-refractivity contribution in [2.24, 2.45) is 0 Å². The molecule has 0 saturated heterocycles. The van der Waals surface area contributed by atoms with Gasteiger partial charge in [0.05, 0.1) is 38.6 Å². The number of benzene rings is 2. The van der Waals surface area contributed by atoms with E-state index in [1.807, 2.05) is 13.0 Å². The van der Waals surface area contributed by atoms with E-state index in [1.54, 1.807) is 18.2 Å². The van der Waals surface area contributed by atoms with Crippen LogP contribution >= 0.6 is 11.6 Å². The molecule has 0 unspecified atom stereocenters. The molecule has 0 spiro atoms. The molecule has 0 bridgehead atoms. The van der Waals surface area contributed by atoms with Crippen molar-refractivity contribution < 1.29 is 23.7 Å². The first-order valence-corrected chi connectivity index (χ1v) is 9.00. The summed E-state index contributed by atoms with van der Waals surface area (Å²) in [6, 6.07) is 10.1. The molecule has 29 heavy (non-hydrogen) atoms. The van der Waals surface area contributed by atoms with Gasteiger partial charge in [-0.2, -0.15) is 5.26 Å². The largest absolute Gasteiger partial charge is 0.495 e. The van der Waals surface area contributed by atoms with Gasteiger partial charge in [0.1, 0.15) is 23.1 Å². The number of nitriles is 1. The molecule has 0 atom stereocenters. The van der Waals surface area contributed by atoms with Gasteiger partial charge >= 0.3 is 0 Å². The number of hydrogen-bond donors (Lipinski definition) is 1. The van der Waals surface area contributed by atoms with Gasteiger partial charge in [-0.25, -0.2) is 0 Å². The third kappa shape index (κ3) is 5.33. The zero-order valence-corrected chi connectivity index (χ0v) is 17.3. The van der Waals surface area contributed by atoms with Crippen LogP contribution in [0.2, 0.25) is 5.02 Å². The van der Waals surface area contributed by atoms with Crippen molar-refractivity contribution in [2.75, 3.05) is 33.3 Å². The van der Waals surface area contributed by atoms with Gasteiger partial charge in [0.15, 0.2) is 11.5 Å². The fraction of sp³-hybridized carbons (Fsp3) is 0.238. The molecule has 2 rings (SSSR count). The number of anilines is 1. The number of carbonyl (C=O) groups is 1. The van der Waals surface area contributed by atoms with Gasteiger partial charge in [0.2, 0.25) is 0 Å². The Balaban J connectivity index is 2.34. The van der Waals surface area contributed by atoms with Gasteiger partial charge in [-0.3, -0.25) is 4.79 Å². The van der Waals surface area contributed by atoms with E-state index < -0.39 is 5.91 Å². The number of halogens is 1. The normalized spacial score (nSPS) is 10.7. The van der Waals surface area contributed by atoms with E-state index in [4.69, 9.17) is 30.5 Å². The molecule has 0 aromatic heterocycles. The van der Waals surface area contributed by atoms with Crippen LogP contribution in [-0.4, -0.2) is 33.8 Å². The fourth-order valence-corrected chi connectivity index (χ4v) is 2.75. The van der Waals surface area contributed by atoms with E-state index in [-0.39, 0.29) is 5.57 Å². The maximum absolute atomic E-state index is 12.6. The highest BCUT2D eigenvalue weighted by atomic mass is 35.5. The van der Waals surface area contributed by atoms with E-state index in [2.05, 4.69) is 5.32 Å². The van der Waals surface area contributed by atoms with E-state index in [9.17, 15) is 10.1 Å². The summed E-state index contributed by atoms with van der Waals surface area (Å²) in [6.07, 6.45) is 1.46. The number of nitrogens with zero attached hydrogens (tertiary/aromatic N) is 1. The maximum Gasteiger partial charge on any atom is 0.266 e. The van der Waals surface area contributed by atoms with Gasteiger partial charge < -0.3 is 24.3 Å². The first-order chi connectivity index (χ1) is 14.0. The molecule has 0 heterocycles. The molecule has 0 aliphatic rings. The Morgan fingerprint density at radius 3 is 2.34 bits per heavy atom. The number of rotatable bonds is 8. The lowest BCUT2D eigenvalue weighted by molar-refractivity contribution is -0.112. The number of amides is 1. The van der Waals surface area contributed by atoms with E-state index in [1.165, 1.54) is 39.5 Å². The lowest BCUT2D eigenvalue weighted by Gasteiger charge is -2.13. The van der Waals surface area contributed by atoms with Crippen LogP contribution in [0, 0.1) is 11.3 Å². The maximum atomic E-state index is 12.6. The predicted molar refractivity (Wildman–Crippen MR) is 111 cm³/mol. The molecule has 2 aromatic rings. The van der Waals surface area contributed by atoms with Crippen molar-refractivity contribution in [3.05, 3.63) is 46.5 Å². The molecule has 7 nitrogen and oxygen atoms in total. The molecule has 0 aliphatic carbocycles. The standard InChI is InChI=1S/C21H21ClN2O5/c1-5-29-20-9-13(6-7-17(20)26-2)8-14(12-23)21(25)24-16-11-18(27-3)15(22)10-19(16)28-4/h6-11H,5H2,1-4H3,(H,24,25)/b14-8+. The molecule has 152 valence electrons. The van der Waals surface area contributed by atoms with Crippen molar-refractivity contribution >= 4 is 29.3 Å². The molecule has 0 saturated carbocycles. The Kier molecular flexibility index (Phi) is 7.75. The topological polar surface area (TPSA) is 89.8 Å². The van der Waals surface area contributed by atoms with Crippen molar-refractivity contribution in [1.82, 2.24) is 0 Å². The minimum Gasteiger partial charge on any atom is -0.495 e. The van der Waals surface area contributed by atoms with Gasteiger partial charge in [0, 0.05) is 12.1 Å². The fourth-order valence-electron chi connectivity index (χ4n) is 2.51. The number of carbonyl (C=O) groups excluding carboxylic acids is 1. The number of ether oxygens (including phenoxy) is 4. The van der Waals surface area contributed by atoms with Crippen molar-refractivity contribution in [1.29, 1.82) is 5.26 Å². The molecule has 2 aromatic carbocycles. The molecule has 8 heteroatoms. The molecule has 0 fully saturated rings. The van der Waals surface area contributed by atoms with Crippen LogP contribution in [0.5, 0.6) is 23.0 Å². The minimum absolute atomic E-state index is 0.103. The average molecular weight is 417 g/mol. The molecular weight excluding hydrogens is 396 g/mol. The third-order valence-corrected chi connectivity index (χ3v) is 4.18. The number of hydrogen-bond acceptors (Lipinski definition) is 6. The number of nitrogens with one attached hydrogen (secondary N) is 1. The predicted octanol–water partition coefficient (Wildman–Crippen LogP) is 4.31. The molecular formula is C21H21ClN2O5. The van der Waals surface area contributed by atoms with E-state index in [0.717, 1.165) is 0 Å². The monoisotopic (exact) mass is 416 g/mol. The van der Waals surface area contributed by atoms with Gasteiger partial charge in [0.25, 0.3) is 5.91 Å². The van der Waals surface area contributed by atoms with Crippen molar-refractivity contribution in [2.45, 2.75) is 6.92 Å². The Morgan fingerprint density at radius 2 is 1.76 bits per heavy atom. The zero-order chi connectivity index (χ0) is 21.4. The van der Waals surface area contributed by atoms with Gasteiger partial charge in [-0.1, -0.05) is 17.7 Å². The second kappa shape index (κ2) is 10.2. The van der Waals surface area contributed by atoms with Crippen LogP contribution < -0.4 is 24.3 Å². The Hall–Kier alpha value is -3.37. The lowest BCUT2D eigenvalue weighted by Crippen LogP contribution is -2.14. The third-order valence-electron chi connectivity index (χ3n) is 3.89. The lowest BCUT2D eigenvalue weighted by atomic mass is 10.1. The molecule has 0 aliphatic heterocycles. The van der Waals surface area contributed by atoms with Crippen LogP contribution in [0.3, 0.4) is 0 Å². The van der Waals surface area contributed by atoms with Gasteiger partial charge in [-0.05, 0) is 30.7 Å². The van der Waals surface area contributed by atoms with Crippen LogP contribution in [0.15, 0.2) is 35.9 Å².